The Bertz CT molecular complexity index is 2440. The quantitative estimate of drug-likeness (QED) is 0.0307. The second kappa shape index (κ2) is 24.4. The number of rotatable bonds is 21. The van der Waals surface area contributed by atoms with Gasteiger partial charge in [0, 0.05) is 22.9 Å². The molecule has 2 aliphatic carbocycles. The molecule has 0 bridgehead atoms. The zero-order chi connectivity index (χ0) is 48.0. The molecule has 1 heterocycles. The molecule has 1 aromatic heterocycles. The van der Waals surface area contributed by atoms with Crippen LogP contribution in [0.25, 0.3) is 27.8 Å². The van der Waals surface area contributed by atoms with Gasteiger partial charge in [-0.3, -0.25) is 0 Å². The van der Waals surface area contributed by atoms with Gasteiger partial charge in [-0.15, -0.1) is 11.3 Å². The maximum absolute atomic E-state index is 3.94. The van der Waals surface area contributed by atoms with Gasteiger partial charge in [0.2, 0.25) is 6.71 Å². The predicted molar refractivity (Wildman–Crippen MR) is 302 cm³/mol. The smallest absolute Gasteiger partial charge is 0.228 e. The van der Waals surface area contributed by atoms with Crippen LogP contribution in [0.2, 0.25) is 5.31 Å². The lowest BCUT2D eigenvalue weighted by Crippen LogP contribution is -2.49. The fraction of sp³-hybridized carbons (Fsp3) is 0.406. The molecule has 3 heteroatoms. The molecular formula is C64H82BNS. The van der Waals surface area contributed by atoms with Gasteiger partial charge in [-0.25, -0.2) is 0 Å². The molecule has 2 unspecified atom stereocenters. The van der Waals surface area contributed by atoms with Crippen molar-refractivity contribution in [2.24, 2.45) is 11.8 Å². The molecule has 0 radical (unpaired) electrons. The van der Waals surface area contributed by atoms with E-state index < -0.39 is 0 Å². The number of hydrogen-bond donors (Lipinski definition) is 0. The number of allylic oxidation sites excluding steroid dienone is 8. The number of hydrogen-bond acceptors (Lipinski definition) is 2. The normalized spacial score (nSPS) is 16.4. The van der Waals surface area contributed by atoms with Gasteiger partial charge < -0.3 is 4.90 Å². The molecule has 5 aromatic rings. The third-order valence-corrected chi connectivity index (χ3v) is 15.8. The van der Waals surface area contributed by atoms with Gasteiger partial charge >= 0.3 is 0 Å². The third-order valence-electron chi connectivity index (χ3n) is 14.5. The lowest BCUT2D eigenvalue weighted by molar-refractivity contribution is 0.368. The van der Waals surface area contributed by atoms with Crippen molar-refractivity contribution < 1.29 is 0 Å². The molecule has 67 heavy (non-hydrogen) atoms. The Kier molecular flexibility index (Phi) is 18.8. The highest BCUT2D eigenvalue weighted by atomic mass is 32.1. The van der Waals surface area contributed by atoms with Crippen LogP contribution in [0.15, 0.2) is 163 Å². The summed E-state index contributed by atoms with van der Waals surface area (Å²) in [6.07, 6.45) is 28.5. The lowest BCUT2D eigenvalue weighted by atomic mass is 9.30. The highest BCUT2D eigenvalue weighted by molar-refractivity contribution is 7.30. The van der Waals surface area contributed by atoms with Gasteiger partial charge in [0.25, 0.3) is 0 Å². The molecular weight excluding hydrogens is 826 g/mol. The van der Waals surface area contributed by atoms with Crippen molar-refractivity contribution in [2.45, 2.75) is 157 Å². The van der Waals surface area contributed by atoms with Crippen molar-refractivity contribution in [2.75, 3.05) is 4.90 Å². The van der Waals surface area contributed by atoms with Gasteiger partial charge in [-0.05, 0) is 98.9 Å². The second-order valence-electron chi connectivity index (χ2n) is 20.2. The summed E-state index contributed by atoms with van der Waals surface area (Å²) in [6, 6.07) is 41.2. The summed E-state index contributed by atoms with van der Waals surface area (Å²) in [5.74, 6) is 0.876. The van der Waals surface area contributed by atoms with Crippen LogP contribution in [0.1, 0.15) is 157 Å². The summed E-state index contributed by atoms with van der Waals surface area (Å²) in [5, 5.41) is 1.13. The van der Waals surface area contributed by atoms with Crippen molar-refractivity contribution in [3.05, 3.63) is 175 Å². The monoisotopic (exact) mass is 908 g/mol. The summed E-state index contributed by atoms with van der Waals surface area (Å²) >= 11 is 1.98. The summed E-state index contributed by atoms with van der Waals surface area (Å²) in [6.45, 7) is 27.6. The molecule has 0 N–H and O–H groups in total. The molecule has 0 aliphatic heterocycles. The molecule has 4 aromatic carbocycles. The topological polar surface area (TPSA) is 3.24 Å². The van der Waals surface area contributed by atoms with E-state index in [9.17, 15) is 0 Å². The van der Waals surface area contributed by atoms with E-state index in [-0.39, 0.29) is 17.4 Å². The average Bonchev–Trinajstić information content (AvgIpc) is 3.85. The minimum Gasteiger partial charge on any atom is -0.308 e. The Hall–Kier alpha value is -4.86. The fourth-order valence-electron chi connectivity index (χ4n) is 11.4. The maximum Gasteiger partial charge on any atom is 0.228 e. The first-order chi connectivity index (χ1) is 32.6. The van der Waals surface area contributed by atoms with Gasteiger partial charge in [0.1, 0.15) is 5.00 Å². The third kappa shape index (κ3) is 11.5. The first-order valence-electron chi connectivity index (χ1n) is 26.2. The Balaban J connectivity index is 0.00000365. The standard InChI is InChI=1S/C62H76BNS.C2H6/c1-10-13-16-19-30-41-62(42-31-20-17-14-11-2)54-45-51(39-40-53(54)55-47(5)44-46(4)48(6)58(55)62)63(61(7,8)9)59-56(49-33-24-21-25-34-49)57(50-35-26-22-27-36-50)60(65-59)64(43-32-18-15-12-3)52-37-28-23-29-38-52;1-2/h12,15,18,21-29,32-40,43-45,47-48H,3,10-11,13-14,16-17,19-20,30-31,41-42H2,1-2,4-9H3;1-2H3/b18-15-,43-32-;. The molecule has 0 amide bonds. The van der Waals surface area contributed by atoms with Gasteiger partial charge in [-0.1, -0.05) is 266 Å². The van der Waals surface area contributed by atoms with Crippen LogP contribution in [0, 0.1) is 11.8 Å². The summed E-state index contributed by atoms with van der Waals surface area (Å²) in [7, 11) is 0. The van der Waals surface area contributed by atoms with Gasteiger partial charge in [0.15, 0.2) is 0 Å². The van der Waals surface area contributed by atoms with Crippen LogP contribution in [0.4, 0.5) is 10.7 Å². The number of benzene rings is 4. The Labute approximate surface area is 413 Å². The van der Waals surface area contributed by atoms with E-state index >= 15 is 0 Å². The highest BCUT2D eigenvalue weighted by Gasteiger charge is 2.49. The molecule has 1 nitrogen and oxygen atoms in total. The first kappa shape index (κ1) is 51.5. The Morgan fingerprint density at radius 2 is 1.24 bits per heavy atom. The number of fused-ring (bicyclic) bond motifs is 2. The molecule has 0 saturated carbocycles. The zero-order valence-corrected chi connectivity index (χ0v) is 44.0. The van der Waals surface area contributed by atoms with Crippen LogP contribution in [0.3, 0.4) is 0 Å². The Morgan fingerprint density at radius 1 is 0.687 bits per heavy atom. The van der Waals surface area contributed by atoms with E-state index in [0.29, 0.717) is 11.8 Å². The first-order valence-corrected chi connectivity index (χ1v) is 27.0. The molecule has 0 spiro atoms. The summed E-state index contributed by atoms with van der Waals surface area (Å²) in [4.78, 5) is 2.41. The molecule has 2 atom stereocenters. The molecule has 0 fully saturated rings. The SMILES string of the molecule is C=C/C=C\C=C/N(c1ccccc1)c1sc(B(c2ccc3c(c2)C(CCCCCCC)(CCCCCCC)C2=C3C(C)C=C(C)C2C)C(C)(C)C)c(-c2ccccc2)c1-c1ccccc1.CC. The summed E-state index contributed by atoms with van der Waals surface area (Å²) < 4.78 is 1.42. The summed E-state index contributed by atoms with van der Waals surface area (Å²) in [5.41, 5.74) is 15.9. The van der Waals surface area contributed by atoms with Crippen molar-refractivity contribution in [3.8, 4) is 22.3 Å². The van der Waals surface area contributed by atoms with E-state index in [4.69, 9.17) is 0 Å². The number of unbranched alkanes of at least 4 members (excludes halogenated alkanes) is 8. The average molecular weight is 908 g/mol. The van der Waals surface area contributed by atoms with Crippen LogP contribution in [-0.4, -0.2) is 6.71 Å². The van der Waals surface area contributed by atoms with Crippen LogP contribution < -0.4 is 15.1 Å². The van der Waals surface area contributed by atoms with Gasteiger partial charge in [-0.2, -0.15) is 0 Å². The number of anilines is 2. The number of para-hydroxylation sites is 1. The van der Waals surface area contributed by atoms with E-state index in [0.717, 1.165) is 5.69 Å². The number of thiophene rings is 1. The maximum atomic E-state index is 3.94. The van der Waals surface area contributed by atoms with Crippen molar-refractivity contribution in [1.82, 2.24) is 0 Å². The Morgan fingerprint density at radius 3 is 1.79 bits per heavy atom. The van der Waals surface area contributed by atoms with Gasteiger partial charge in [0.05, 0.1) is 0 Å². The van der Waals surface area contributed by atoms with Crippen LogP contribution >= 0.6 is 11.3 Å². The second-order valence-corrected chi connectivity index (χ2v) is 21.2. The van der Waals surface area contributed by atoms with Crippen LogP contribution in [-0.2, 0) is 5.41 Å². The van der Waals surface area contributed by atoms with Crippen molar-refractivity contribution in [3.63, 3.8) is 0 Å². The van der Waals surface area contributed by atoms with Crippen molar-refractivity contribution in [1.29, 1.82) is 0 Å². The van der Waals surface area contributed by atoms with E-state index in [1.807, 2.05) is 37.3 Å². The minimum absolute atomic E-state index is 0.0522. The van der Waals surface area contributed by atoms with E-state index in [2.05, 4.69) is 200 Å². The predicted octanol–water partition coefficient (Wildman–Crippen LogP) is 18.9. The molecule has 2 aliphatic rings. The molecule has 352 valence electrons. The van der Waals surface area contributed by atoms with E-state index in [1.165, 1.54) is 120 Å². The molecule has 7 rings (SSSR count). The van der Waals surface area contributed by atoms with Crippen molar-refractivity contribution >= 4 is 44.6 Å². The fourth-order valence-corrected chi connectivity index (χ4v) is 13.1. The minimum atomic E-state index is -0.0959. The molecule has 0 saturated heterocycles. The largest absolute Gasteiger partial charge is 0.308 e. The van der Waals surface area contributed by atoms with Crippen LogP contribution in [0.5, 0.6) is 0 Å². The van der Waals surface area contributed by atoms with E-state index in [1.54, 1.807) is 22.3 Å². The highest BCUT2D eigenvalue weighted by Crippen LogP contribution is 2.59. The number of nitrogens with zero attached hydrogens (tertiary/aromatic N) is 1. The lowest BCUT2D eigenvalue weighted by Gasteiger charge is -2.40. The zero-order valence-electron chi connectivity index (χ0n) is 43.1.